The van der Waals surface area contributed by atoms with E-state index in [0.717, 1.165) is 68.9 Å². The number of unbranched alkanes of at least 4 members (excludes halogenated alkanes) is 3. The first-order valence-corrected chi connectivity index (χ1v) is 10.4. The maximum Gasteiger partial charge on any atom is 0.293 e. The van der Waals surface area contributed by atoms with E-state index in [-0.39, 0.29) is 11.4 Å². The van der Waals surface area contributed by atoms with Crippen molar-refractivity contribution in [1.29, 1.82) is 0 Å². The van der Waals surface area contributed by atoms with E-state index in [9.17, 15) is 15.0 Å². The third kappa shape index (κ3) is 7.43. The Bertz CT molecular complexity index is 612. The molecule has 0 radical (unpaired) electrons. The zero-order chi connectivity index (χ0) is 19.9. The largest absolute Gasteiger partial charge is 0.508 e. The second kappa shape index (κ2) is 9.48. The van der Waals surface area contributed by atoms with Gasteiger partial charge in [0.25, 0.3) is 6.47 Å². The van der Waals surface area contributed by atoms with E-state index in [1.54, 1.807) is 12.1 Å². The van der Waals surface area contributed by atoms with E-state index in [1.165, 1.54) is 12.8 Å². The van der Waals surface area contributed by atoms with Crippen LogP contribution in [0.5, 0.6) is 11.5 Å². The summed E-state index contributed by atoms with van der Waals surface area (Å²) in [7, 11) is 0. The van der Waals surface area contributed by atoms with Gasteiger partial charge in [0, 0.05) is 0 Å². The second-order valence-electron chi connectivity index (χ2n) is 9.34. The van der Waals surface area contributed by atoms with Crippen LogP contribution in [0.15, 0.2) is 12.1 Å². The van der Waals surface area contributed by atoms with Crippen molar-refractivity contribution in [1.82, 2.24) is 0 Å². The van der Waals surface area contributed by atoms with Crippen LogP contribution in [0.2, 0.25) is 0 Å². The van der Waals surface area contributed by atoms with Gasteiger partial charge in [-0.1, -0.05) is 33.6 Å². The van der Waals surface area contributed by atoms with Crippen LogP contribution in [-0.2, 0) is 22.4 Å². The number of carbonyl (C=O) groups excluding carboxylic acids is 1. The summed E-state index contributed by atoms with van der Waals surface area (Å²) in [6.07, 6.45) is 10.8. The van der Waals surface area contributed by atoms with Crippen molar-refractivity contribution in [2.75, 3.05) is 0 Å². The van der Waals surface area contributed by atoms with Gasteiger partial charge in [-0.05, 0) is 86.5 Å². The molecule has 0 unspecified atom stereocenters. The molecular weight excluding hydrogens is 340 g/mol. The lowest BCUT2D eigenvalue weighted by atomic mass is 9.89. The number of carbonyl (C=O) groups is 1. The van der Waals surface area contributed by atoms with Gasteiger partial charge in [-0.25, -0.2) is 0 Å². The van der Waals surface area contributed by atoms with E-state index in [2.05, 4.69) is 20.8 Å². The van der Waals surface area contributed by atoms with Crippen LogP contribution in [-0.4, -0.2) is 22.3 Å². The quantitative estimate of drug-likeness (QED) is 0.280. The molecule has 1 aliphatic rings. The van der Waals surface area contributed by atoms with Gasteiger partial charge in [0.1, 0.15) is 17.1 Å². The molecule has 4 nitrogen and oxygen atoms in total. The molecule has 2 N–H and O–H groups in total. The lowest BCUT2D eigenvalue weighted by Crippen LogP contribution is -2.12. The smallest absolute Gasteiger partial charge is 0.293 e. The molecule has 4 heteroatoms. The number of benzene rings is 1. The van der Waals surface area contributed by atoms with Crippen molar-refractivity contribution in [2.24, 2.45) is 5.41 Å². The Morgan fingerprint density at radius 1 is 0.963 bits per heavy atom. The number of phenols is 2. The Kier molecular flexibility index (Phi) is 7.58. The highest BCUT2D eigenvalue weighted by Crippen LogP contribution is 2.43. The zero-order valence-corrected chi connectivity index (χ0v) is 17.2. The Morgan fingerprint density at radius 3 is 2.00 bits per heavy atom. The molecule has 1 fully saturated rings. The molecule has 27 heavy (non-hydrogen) atoms. The molecule has 1 aromatic rings. The lowest BCUT2D eigenvalue weighted by Gasteiger charge is -2.17. The van der Waals surface area contributed by atoms with Gasteiger partial charge in [-0.2, -0.15) is 0 Å². The Labute approximate surface area is 163 Å². The highest BCUT2D eigenvalue weighted by molar-refractivity contribution is 5.45. The molecule has 0 aromatic heterocycles. The predicted molar refractivity (Wildman–Crippen MR) is 108 cm³/mol. The van der Waals surface area contributed by atoms with Gasteiger partial charge >= 0.3 is 0 Å². The fourth-order valence-corrected chi connectivity index (χ4v) is 3.64. The average Bonchev–Trinajstić information content (AvgIpc) is 3.34. The summed E-state index contributed by atoms with van der Waals surface area (Å²) in [5.41, 5.74) is 1.80. The minimum Gasteiger partial charge on any atom is -0.508 e. The summed E-state index contributed by atoms with van der Waals surface area (Å²) >= 11 is 0. The Hall–Kier alpha value is -1.71. The molecule has 0 bridgehead atoms. The summed E-state index contributed by atoms with van der Waals surface area (Å²) in [5.74, 6) is 0.573. The monoisotopic (exact) mass is 376 g/mol. The summed E-state index contributed by atoms with van der Waals surface area (Å²) in [5, 5.41) is 20.6. The van der Waals surface area contributed by atoms with Gasteiger partial charge in [0.15, 0.2) is 0 Å². The van der Waals surface area contributed by atoms with Crippen LogP contribution in [0.1, 0.15) is 89.7 Å². The fraction of sp³-hybridized carbons (Fsp3) is 0.696. The maximum absolute atomic E-state index is 10.5. The lowest BCUT2D eigenvalue weighted by molar-refractivity contribution is -0.135. The standard InChI is InChI=1S/C23H36O4/c1-22(2,3)11-7-4-5-9-18-15-21(26)19(16-20(18)25)10-6-8-12-23(13-14-23)27-17-24/h15-17,25-26H,4-14H2,1-3H3. The van der Waals surface area contributed by atoms with Crippen molar-refractivity contribution in [3.63, 3.8) is 0 Å². The van der Waals surface area contributed by atoms with Gasteiger partial charge in [0.2, 0.25) is 0 Å². The van der Waals surface area contributed by atoms with Crippen LogP contribution in [0.25, 0.3) is 0 Å². The SMILES string of the molecule is CC(C)(C)CCCCCc1cc(O)c(CCCCC2(OC=O)CC2)cc1O. The first kappa shape index (κ1) is 21.6. The zero-order valence-electron chi connectivity index (χ0n) is 17.2. The van der Waals surface area contributed by atoms with E-state index in [1.807, 2.05) is 0 Å². The molecule has 1 aliphatic carbocycles. The third-order valence-electron chi connectivity index (χ3n) is 5.59. The number of hydrogen-bond acceptors (Lipinski definition) is 4. The van der Waals surface area contributed by atoms with Gasteiger partial charge in [-0.3, -0.25) is 4.79 Å². The van der Waals surface area contributed by atoms with E-state index in [4.69, 9.17) is 4.74 Å². The highest BCUT2D eigenvalue weighted by atomic mass is 16.5. The van der Waals surface area contributed by atoms with Crippen LogP contribution < -0.4 is 0 Å². The molecule has 0 atom stereocenters. The molecular formula is C23H36O4. The number of rotatable bonds is 12. The van der Waals surface area contributed by atoms with Gasteiger partial charge in [-0.15, -0.1) is 0 Å². The summed E-state index contributed by atoms with van der Waals surface area (Å²) < 4.78 is 5.15. The number of aryl methyl sites for hydroxylation is 2. The summed E-state index contributed by atoms with van der Waals surface area (Å²) in [6, 6.07) is 3.45. The molecule has 0 saturated heterocycles. The minimum absolute atomic E-state index is 0.206. The molecule has 1 saturated carbocycles. The van der Waals surface area contributed by atoms with E-state index < -0.39 is 0 Å². The number of hydrogen-bond donors (Lipinski definition) is 2. The maximum atomic E-state index is 10.5. The second-order valence-corrected chi connectivity index (χ2v) is 9.34. The van der Waals surface area contributed by atoms with Gasteiger partial charge in [0.05, 0.1) is 0 Å². The molecule has 152 valence electrons. The van der Waals surface area contributed by atoms with E-state index >= 15 is 0 Å². The fourth-order valence-electron chi connectivity index (χ4n) is 3.64. The predicted octanol–water partition coefficient (Wildman–Crippen LogP) is 5.67. The van der Waals surface area contributed by atoms with Crippen molar-refractivity contribution in [3.8, 4) is 11.5 Å². The van der Waals surface area contributed by atoms with Crippen LogP contribution in [0.4, 0.5) is 0 Å². The number of aromatic hydroxyl groups is 2. The topological polar surface area (TPSA) is 66.8 Å². The molecule has 0 spiro atoms. The minimum atomic E-state index is -0.206. The van der Waals surface area contributed by atoms with Crippen molar-refractivity contribution in [2.45, 2.75) is 97.0 Å². The molecule has 2 rings (SSSR count). The van der Waals surface area contributed by atoms with Crippen molar-refractivity contribution < 1.29 is 19.7 Å². The third-order valence-corrected chi connectivity index (χ3v) is 5.59. The van der Waals surface area contributed by atoms with Crippen LogP contribution >= 0.6 is 0 Å². The van der Waals surface area contributed by atoms with Crippen LogP contribution in [0.3, 0.4) is 0 Å². The normalized spacial score (nSPS) is 15.5. The number of ether oxygens (including phenoxy) is 1. The molecule has 0 amide bonds. The first-order valence-electron chi connectivity index (χ1n) is 10.4. The van der Waals surface area contributed by atoms with Crippen LogP contribution in [0, 0.1) is 5.41 Å². The molecule has 0 heterocycles. The molecule has 1 aromatic carbocycles. The van der Waals surface area contributed by atoms with Crippen molar-refractivity contribution in [3.05, 3.63) is 23.3 Å². The van der Waals surface area contributed by atoms with Crippen molar-refractivity contribution >= 4 is 6.47 Å². The number of phenolic OH excluding ortho intramolecular Hbond substituents is 2. The van der Waals surface area contributed by atoms with E-state index in [0.29, 0.717) is 17.6 Å². The summed E-state index contributed by atoms with van der Waals surface area (Å²) in [4.78, 5) is 10.5. The Balaban J connectivity index is 1.74. The van der Waals surface area contributed by atoms with Gasteiger partial charge < -0.3 is 14.9 Å². The highest BCUT2D eigenvalue weighted by Gasteiger charge is 2.44. The molecule has 0 aliphatic heterocycles. The first-order chi connectivity index (χ1) is 12.7. The Morgan fingerprint density at radius 2 is 1.52 bits per heavy atom. The summed E-state index contributed by atoms with van der Waals surface area (Å²) in [6.45, 7) is 7.33. The average molecular weight is 377 g/mol.